The van der Waals surface area contributed by atoms with Crippen LogP contribution in [-0.4, -0.2) is 131 Å². The number of aliphatic hydroxyl groups excluding tert-OH is 4. The van der Waals surface area contributed by atoms with Crippen molar-refractivity contribution in [2.24, 2.45) is 5.73 Å². The van der Waals surface area contributed by atoms with Crippen LogP contribution in [0.2, 0.25) is 0 Å². The highest BCUT2D eigenvalue weighted by Gasteiger charge is 2.44. The number of non-ortho nitro benzene ring substituents is 1. The summed E-state index contributed by atoms with van der Waals surface area (Å²) in [6.07, 6.45) is -6.01. The van der Waals surface area contributed by atoms with Crippen LogP contribution < -0.4 is 15.8 Å². The molecule has 2 fully saturated rings. The van der Waals surface area contributed by atoms with Gasteiger partial charge in [0.25, 0.3) is 11.6 Å². The molecule has 1 aromatic carbocycles. The van der Waals surface area contributed by atoms with Crippen LogP contribution in [0.25, 0.3) is 0 Å². The highest BCUT2D eigenvalue weighted by Crippen LogP contribution is 2.28. The predicted molar refractivity (Wildman–Crippen MR) is 131 cm³/mol. The molecule has 5 atom stereocenters. The number of aliphatic hydroxyl groups is 4. The third-order valence-corrected chi connectivity index (χ3v) is 6.55. The second-order valence-electron chi connectivity index (χ2n) is 9.22. The van der Waals surface area contributed by atoms with Crippen molar-refractivity contribution in [1.29, 1.82) is 0 Å². The number of hydrogen-bond acceptors (Lipinski definition) is 12. The van der Waals surface area contributed by atoms with Crippen LogP contribution in [0.4, 0.5) is 5.69 Å². The zero-order valence-corrected chi connectivity index (χ0v) is 20.6. The number of hydrogen-bond donors (Lipinski definition) is 6. The fourth-order valence-electron chi connectivity index (χ4n) is 4.34. The van der Waals surface area contributed by atoms with Crippen molar-refractivity contribution >= 4 is 11.6 Å². The largest absolute Gasteiger partial charge is 0.462 e. The Labute approximate surface area is 214 Å². The SMILES string of the molecule is NCCCN1CCN(CCCNC(=O)c2cc(OC3OC(CO)C(O)C(O)C3O)cc([N+](=O)[O-])c2)CC1. The fraction of sp³-hybridized carbons (Fsp3) is 0.696. The number of benzene rings is 1. The van der Waals surface area contributed by atoms with E-state index in [4.69, 9.17) is 15.2 Å². The molecule has 14 heteroatoms. The Bertz CT molecular complexity index is 897. The number of amides is 1. The smallest absolute Gasteiger partial charge is 0.273 e. The molecule has 5 unspecified atom stereocenters. The van der Waals surface area contributed by atoms with Gasteiger partial charge in [0.15, 0.2) is 0 Å². The first kappa shape index (κ1) is 29.1. The fourth-order valence-corrected chi connectivity index (χ4v) is 4.34. The molecule has 0 spiro atoms. The second kappa shape index (κ2) is 13.9. The van der Waals surface area contributed by atoms with Gasteiger partial charge in [-0.3, -0.25) is 14.9 Å². The van der Waals surface area contributed by atoms with Gasteiger partial charge in [-0.25, -0.2) is 0 Å². The number of nitrogens with zero attached hydrogens (tertiary/aromatic N) is 3. The van der Waals surface area contributed by atoms with Gasteiger partial charge in [0.1, 0.15) is 30.2 Å². The molecule has 0 aromatic heterocycles. The number of rotatable bonds is 12. The van der Waals surface area contributed by atoms with Crippen molar-refractivity contribution in [2.45, 2.75) is 43.5 Å². The average Bonchev–Trinajstić information content (AvgIpc) is 2.90. The Morgan fingerprint density at radius 1 is 1.08 bits per heavy atom. The second-order valence-corrected chi connectivity index (χ2v) is 9.22. The normalized spacial score (nSPS) is 27.1. The summed E-state index contributed by atoms with van der Waals surface area (Å²) in [5.74, 6) is -0.690. The summed E-state index contributed by atoms with van der Waals surface area (Å²) < 4.78 is 10.8. The lowest BCUT2D eigenvalue weighted by Crippen LogP contribution is -2.60. The molecule has 0 radical (unpaired) electrons. The van der Waals surface area contributed by atoms with Gasteiger partial charge in [0, 0.05) is 44.4 Å². The number of carbonyl (C=O) groups is 1. The monoisotopic (exact) mass is 527 g/mol. The summed E-state index contributed by atoms with van der Waals surface area (Å²) in [5.41, 5.74) is 5.12. The highest BCUT2D eigenvalue weighted by atomic mass is 16.7. The van der Waals surface area contributed by atoms with Gasteiger partial charge >= 0.3 is 0 Å². The molecule has 0 bridgehead atoms. The van der Waals surface area contributed by atoms with Crippen molar-refractivity contribution in [3.05, 3.63) is 33.9 Å². The zero-order valence-electron chi connectivity index (χ0n) is 20.6. The average molecular weight is 528 g/mol. The number of ether oxygens (including phenoxy) is 2. The van der Waals surface area contributed by atoms with E-state index in [2.05, 4.69) is 15.1 Å². The molecule has 1 amide bonds. The Kier molecular flexibility index (Phi) is 11.0. The number of nitrogens with two attached hydrogens (primary N) is 1. The molecular weight excluding hydrogens is 490 g/mol. The number of nitrogens with one attached hydrogen (secondary N) is 1. The summed E-state index contributed by atoms with van der Waals surface area (Å²) >= 11 is 0. The molecule has 7 N–H and O–H groups in total. The van der Waals surface area contributed by atoms with E-state index in [0.717, 1.165) is 57.8 Å². The Morgan fingerprint density at radius 3 is 2.32 bits per heavy atom. The summed E-state index contributed by atoms with van der Waals surface area (Å²) in [6, 6.07) is 3.41. The van der Waals surface area contributed by atoms with Crippen LogP contribution in [0.1, 0.15) is 23.2 Å². The van der Waals surface area contributed by atoms with Gasteiger partial charge in [-0.15, -0.1) is 0 Å². The van der Waals surface area contributed by atoms with E-state index in [-0.39, 0.29) is 11.3 Å². The number of nitro groups is 1. The molecule has 2 aliphatic heterocycles. The lowest BCUT2D eigenvalue weighted by Gasteiger charge is -2.39. The van der Waals surface area contributed by atoms with E-state index in [0.29, 0.717) is 19.5 Å². The minimum absolute atomic E-state index is 0.0256. The Hall–Kier alpha value is -2.43. The van der Waals surface area contributed by atoms with E-state index in [1.54, 1.807) is 0 Å². The van der Waals surface area contributed by atoms with E-state index >= 15 is 0 Å². The van der Waals surface area contributed by atoms with Crippen LogP contribution in [0.15, 0.2) is 18.2 Å². The summed E-state index contributed by atoms with van der Waals surface area (Å²) in [7, 11) is 0. The summed E-state index contributed by atoms with van der Waals surface area (Å²) in [6.45, 7) is 6.08. The summed E-state index contributed by atoms with van der Waals surface area (Å²) in [5, 5.41) is 53.5. The quantitative estimate of drug-likeness (QED) is 0.0979. The van der Waals surface area contributed by atoms with E-state index in [1.165, 1.54) is 6.07 Å². The van der Waals surface area contributed by atoms with Gasteiger partial charge in [-0.2, -0.15) is 0 Å². The van der Waals surface area contributed by atoms with Gasteiger partial charge < -0.3 is 50.8 Å². The number of carbonyl (C=O) groups excluding carboxylic acids is 1. The van der Waals surface area contributed by atoms with Crippen LogP contribution in [0.3, 0.4) is 0 Å². The molecule has 2 heterocycles. The maximum absolute atomic E-state index is 12.7. The summed E-state index contributed by atoms with van der Waals surface area (Å²) in [4.78, 5) is 28.1. The van der Waals surface area contributed by atoms with Crippen molar-refractivity contribution < 1.29 is 39.6 Å². The maximum atomic E-state index is 12.7. The van der Waals surface area contributed by atoms with Gasteiger partial charge in [0.2, 0.25) is 6.29 Å². The Balaban J connectivity index is 1.54. The van der Waals surface area contributed by atoms with Gasteiger partial charge in [0.05, 0.1) is 17.6 Å². The third kappa shape index (κ3) is 8.02. The van der Waals surface area contributed by atoms with Crippen LogP contribution in [-0.2, 0) is 4.74 Å². The molecule has 37 heavy (non-hydrogen) atoms. The van der Waals surface area contributed by atoms with Crippen molar-refractivity contribution in [3.63, 3.8) is 0 Å². The molecule has 2 aliphatic rings. The first-order valence-corrected chi connectivity index (χ1v) is 12.4. The number of piperazine rings is 1. The standard InChI is InChI=1S/C23H37N5O9/c24-3-1-5-26-7-9-27(10-8-26)6-2-4-25-22(33)15-11-16(28(34)35)13-17(12-15)36-23-21(32)20(31)19(30)18(14-29)37-23/h11-13,18-21,23,29-32H,1-10,14,24H2,(H,25,33). The third-order valence-electron chi connectivity index (χ3n) is 6.55. The molecule has 3 rings (SSSR count). The van der Waals surface area contributed by atoms with E-state index in [1.807, 2.05) is 0 Å². The lowest BCUT2D eigenvalue weighted by molar-refractivity contribution is -0.385. The predicted octanol–water partition coefficient (Wildman–Crippen LogP) is -2.14. The zero-order chi connectivity index (χ0) is 26.9. The van der Waals surface area contributed by atoms with Crippen molar-refractivity contribution in [1.82, 2.24) is 15.1 Å². The molecule has 14 nitrogen and oxygen atoms in total. The molecular formula is C23H37N5O9. The van der Waals surface area contributed by atoms with Crippen molar-refractivity contribution in [2.75, 3.05) is 59.0 Å². The van der Waals surface area contributed by atoms with Crippen LogP contribution >= 0.6 is 0 Å². The lowest BCUT2D eigenvalue weighted by atomic mass is 9.99. The topological polar surface area (TPSA) is 204 Å². The minimum atomic E-state index is -1.70. The first-order valence-electron chi connectivity index (χ1n) is 12.4. The minimum Gasteiger partial charge on any atom is -0.462 e. The molecule has 208 valence electrons. The van der Waals surface area contributed by atoms with E-state index < -0.39 is 53.8 Å². The molecule has 1 aromatic rings. The van der Waals surface area contributed by atoms with E-state index in [9.17, 15) is 35.3 Å². The molecule has 0 saturated carbocycles. The van der Waals surface area contributed by atoms with Crippen LogP contribution in [0.5, 0.6) is 5.75 Å². The number of nitro benzene ring substituents is 1. The van der Waals surface area contributed by atoms with Gasteiger partial charge in [-0.05, 0) is 38.5 Å². The maximum Gasteiger partial charge on any atom is 0.273 e. The molecule has 0 aliphatic carbocycles. The van der Waals surface area contributed by atoms with Crippen LogP contribution in [0, 0.1) is 10.1 Å². The van der Waals surface area contributed by atoms with Crippen molar-refractivity contribution in [3.8, 4) is 5.75 Å². The molecule has 2 saturated heterocycles. The highest BCUT2D eigenvalue weighted by molar-refractivity contribution is 5.95. The van der Waals surface area contributed by atoms with Gasteiger partial charge in [-0.1, -0.05) is 0 Å². The first-order chi connectivity index (χ1) is 17.7. The Morgan fingerprint density at radius 2 is 1.73 bits per heavy atom.